The SMILES string of the molecule is CCCNC1CC(c2cc(C)cc(C)c2)C1(C)C. The third-order valence-electron chi connectivity index (χ3n) is 4.55. The molecule has 1 nitrogen and oxygen atoms in total. The molecule has 0 radical (unpaired) electrons. The Morgan fingerprint density at radius 1 is 1.17 bits per heavy atom. The molecule has 0 heterocycles. The van der Waals surface area contributed by atoms with E-state index in [1.165, 1.54) is 29.5 Å². The summed E-state index contributed by atoms with van der Waals surface area (Å²) in [6.07, 6.45) is 2.51. The van der Waals surface area contributed by atoms with Crippen LogP contribution in [-0.2, 0) is 0 Å². The summed E-state index contributed by atoms with van der Waals surface area (Å²) in [6.45, 7) is 12.6. The number of benzene rings is 1. The molecule has 0 spiro atoms. The van der Waals surface area contributed by atoms with E-state index in [0.717, 1.165) is 6.54 Å². The van der Waals surface area contributed by atoms with E-state index in [0.29, 0.717) is 17.4 Å². The Morgan fingerprint density at radius 2 is 1.78 bits per heavy atom. The van der Waals surface area contributed by atoms with Gasteiger partial charge in [0, 0.05) is 6.04 Å². The standard InChI is InChI=1S/C17H27N/c1-6-7-18-16-11-15(17(16,4)5)14-9-12(2)8-13(3)10-14/h8-10,15-16,18H,6-7,11H2,1-5H3. The van der Waals surface area contributed by atoms with Crippen molar-refractivity contribution in [3.8, 4) is 0 Å². The van der Waals surface area contributed by atoms with Crippen molar-refractivity contribution >= 4 is 0 Å². The summed E-state index contributed by atoms with van der Waals surface area (Å²) >= 11 is 0. The fraction of sp³-hybridized carbons (Fsp3) is 0.647. The van der Waals surface area contributed by atoms with E-state index in [9.17, 15) is 0 Å². The molecule has 1 saturated carbocycles. The van der Waals surface area contributed by atoms with E-state index in [1.807, 2.05) is 0 Å². The van der Waals surface area contributed by atoms with Gasteiger partial charge in [-0.05, 0) is 50.1 Å². The van der Waals surface area contributed by atoms with Crippen LogP contribution in [0.3, 0.4) is 0 Å². The fourth-order valence-corrected chi connectivity index (χ4v) is 3.37. The van der Waals surface area contributed by atoms with Gasteiger partial charge in [-0.1, -0.05) is 50.1 Å². The summed E-state index contributed by atoms with van der Waals surface area (Å²) in [6, 6.07) is 7.69. The van der Waals surface area contributed by atoms with Crippen LogP contribution in [0, 0.1) is 19.3 Å². The lowest BCUT2D eigenvalue weighted by molar-refractivity contribution is 0.0694. The second kappa shape index (κ2) is 5.05. The molecule has 1 aliphatic rings. The molecule has 1 aromatic rings. The number of aryl methyl sites for hydroxylation is 2. The molecule has 1 aliphatic carbocycles. The highest BCUT2D eigenvalue weighted by molar-refractivity contribution is 5.34. The first-order valence-electron chi connectivity index (χ1n) is 7.26. The first-order valence-corrected chi connectivity index (χ1v) is 7.26. The molecule has 0 saturated heterocycles. The Hall–Kier alpha value is -0.820. The van der Waals surface area contributed by atoms with E-state index in [1.54, 1.807) is 0 Å². The highest BCUT2D eigenvalue weighted by Gasteiger charge is 2.48. The fourth-order valence-electron chi connectivity index (χ4n) is 3.37. The van der Waals surface area contributed by atoms with Crippen molar-refractivity contribution in [2.75, 3.05) is 6.54 Å². The predicted molar refractivity (Wildman–Crippen MR) is 79.1 cm³/mol. The average molecular weight is 245 g/mol. The lowest BCUT2D eigenvalue weighted by Gasteiger charge is -2.53. The van der Waals surface area contributed by atoms with Crippen molar-refractivity contribution in [2.24, 2.45) is 5.41 Å². The van der Waals surface area contributed by atoms with Crippen LogP contribution in [0.25, 0.3) is 0 Å². The van der Waals surface area contributed by atoms with Gasteiger partial charge in [0.2, 0.25) is 0 Å². The summed E-state index contributed by atoms with van der Waals surface area (Å²) < 4.78 is 0. The summed E-state index contributed by atoms with van der Waals surface area (Å²) in [5.74, 6) is 0.713. The monoisotopic (exact) mass is 245 g/mol. The Bertz CT molecular complexity index is 399. The minimum atomic E-state index is 0.384. The minimum Gasteiger partial charge on any atom is -0.313 e. The summed E-state index contributed by atoms with van der Waals surface area (Å²) in [7, 11) is 0. The van der Waals surface area contributed by atoms with E-state index in [4.69, 9.17) is 0 Å². The molecule has 1 heteroatoms. The molecule has 2 atom stereocenters. The zero-order valence-corrected chi connectivity index (χ0v) is 12.5. The lowest BCUT2D eigenvalue weighted by atomic mass is 9.56. The maximum atomic E-state index is 3.69. The normalized spacial score (nSPS) is 25.8. The molecule has 1 fully saturated rings. The molecule has 0 amide bonds. The molecule has 1 N–H and O–H groups in total. The lowest BCUT2D eigenvalue weighted by Crippen LogP contribution is -2.55. The van der Waals surface area contributed by atoms with E-state index >= 15 is 0 Å². The summed E-state index contributed by atoms with van der Waals surface area (Å²) in [5, 5.41) is 3.69. The largest absolute Gasteiger partial charge is 0.313 e. The Labute approximate surface area is 112 Å². The van der Waals surface area contributed by atoms with E-state index in [2.05, 4.69) is 58.1 Å². The highest BCUT2D eigenvalue weighted by atomic mass is 15.0. The first-order chi connectivity index (χ1) is 8.45. The second-order valence-electron chi connectivity index (χ2n) is 6.54. The van der Waals surface area contributed by atoms with Gasteiger partial charge in [-0.25, -0.2) is 0 Å². The molecule has 2 unspecified atom stereocenters. The molecular weight excluding hydrogens is 218 g/mol. The molecule has 2 rings (SSSR count). The van der Waals surface area contributed by atoms with E-state index in [-0.39, 0.29) is 0 Å². The van der Waals surface area contributed by atoms with Gasteiger partial charge in [0.05, 0.1) is 0 Å². The van der Waals surface area contributed by atoms with Crippen LogP contribution in [0.5, 0.6) is 0 Å². The average Bonchev–Trinajstić information content (AvgIpc) is 2.26. The van der Waals surface area contributed by atoms with Crippen LogP contribution < -0.4 is 5.32 Å². The van der Waals surface area contributed by atoms with Crippen molar-refractivity contribution in [2.45, 2.75) is 59.4 Å². The van der Waals surface area contributed by atoms with Crippen molar-refractivity contribution < 1.29 is 0 Å². The van der Waals surface area contributed by atoms with Gasteiger partial charge in [0.1, 0.15) is 0 Å². The quantitative estimate of drug-likeness (QED) is 0.839. The van der Waals surface area contributed by atoms with Crippen molar-refractivity contribution in [1.82, 2.24) is 5.32 Å². The smallest absolute Gasteiger partial charge is 0.0130 e. The summed E-state index contributed by atoms with van der Waals surface area (Å²) in [4.78, 5) is 0. The third-order valence-corrected chi connectivity index (χ3v) is 4.55. The van der Waals surface area contributed by atoms with Crippen LogP contribution in [0.15, 0.2) is 18.2 Å². The third kappa shape index (κ3) is 2.47. The van der Waals surface area contributed by atoms with E-state index < -0.39 is 0 Å². The van der Waals surface area contributed by atoms with Gasteiger partial charge in [-0.3, -0.25) is 0 Å². The van der Waals surface area contributed by atoms with Gasteiger partial charge < -0.3 is 5.32 Å². The number of hydrogen-bond donors (Lipinski definition) is 1. The molecule has 0 aliphatic heterocycles. The number of rotatable bonds is 4. The molecule has 18 heavy (non-hydrogen) atoms. The molecule has 0 bridgehead atoms. The molecular formula is C17H27N. The molecule has 1 aromatic carbocycles. The summed E-state index contributed by atoms with van der Waals surface area (Å²) in [5.41, 5.74) is 4.71. The zero-order valence-electron chi connectivity index (χ0n) is 12.5. The van der Waals surface area contributed by atoms with Crippen LogP contribution in [0.4, 0.5) is 0 Å². The van der Waals surface area contributed by atoms with Crippen molar-refractivity contribution in [1.29, 1.82) is 0 Å². The van der Waals surface area contributed by atoms with Crippen molar-refractivity contribution in [3.05, 3.63) is 34.9 Å². The van der Waals surface area contributed by atoms with Gasteiger partial charge in [-0.15, -0.1) is 0 Å². The first kappa shape index (κ1) is 13.6. The van der Waals surface area contributed by atoms with Gasteiger partial charge in [0.15, 0.2) is 0 Å². The van der Waals surface area contributed by atoms with Gasteiger partial charge >= 0.3 is 0 Å². The number of nitrogens with one attached hydrogen (secondary N) is 1. The van der Waals surface area contributed by atoms with Gasteiger partial charge in [0.25, 0.3) is 0 Å². The minimum absolute atomic E-state index is 0.384. The highest BCUT2D eigenvalue weighted by Crippen LogP contribution is 2.52. The zero-order chi connectivity index (χ0) is 13.3. The predicted octanol–water partition coefficient (Wildman–Crippen LogP) is 4.19. The topological polar surface area (TPSA) is 12.0 Å². The Kier molecular flexibility index (Phi) is 3.82. The second-order valence-corrected chi connectivity index (χ2v) is 6.54. The van der Waals surface area contributed by atoms with Crippen LogP contribution >= 0.6 is 0 Å². The van der Waals surface area contributed by atoms with Crippen LogP contribution in [-0.4, -0.2) is 12.6 Å². The van der Waals surface area contributed by atoms with Crippen molar-refractivity contribution in [3.63, 3.8) is 0 Å². The number of hydrogen-bond acceptors (Lipinski definition) is 1. The maximum Gasteiger partial charge on any atom is 0.0130 e. The Morgan fingerprint density at radius 3 is 2.28 bits per heavy atom. The maximum absolute atomic E-state index is 3.69. The molecule has 0 aromatic heterocycles. The van der Waals surface area contributed by atoms with Crippen LogP contribution in [0.2, 0.25) is 0 Å². The molecule has 100 valence electrons. The van der Waals surface area contributed by atoms with Crippen LogP contribution in [0.1, 0.15) is 56.2 Å². The van der Waals surface area contributed by atoms with Gasteiger partial charge in [-0.2, -0.15) is 0 Å². The Balaban J connectivity index is 2.12.